The zero-order valence-electron chi connectivity index (χ0n) is 7.60. The van der Waals surface area contributed by atoms with Crippen LogP contribution in [0.5, 0.6) is 0 Å². The molecular formula is C8H13F3N2O. The van der Waals surface area contributed by atoms with Crippen LogP contribution in [0.4, 0.5) is 13.2 Å². The molecule has 0 spiro atoms. The third-order valence-corrected chi connectivity index (χ3v) is 1.94. The zero-order chi connectivity index (χ0) is 10.6. The summed E-state index contributed by atoms with van der Waals surface area (Å²) in [4.78, 5) is 0. The highest BCUT2D eigenvalue weighted by Gasteiger charge is 2.34. The highest BCUT2D eigenvalue weighted by Crippen LogP contribution is 2.26. The Morgan fingerprint density at radius 2 is 2.29 bits per heavy atom. The Bertz CT molecular complexity index is 215. The van der Waals surface area contributed by atoms with Gasteiger partial charge in [0.1, 0.15) is 5.76 Å². The number of nitrogens with one attached hydrogen (secondary N) is 1. The Hall–Kier alpha value is -0.750. The minimum atomic E-state index is -4.24. The van der Waals surface area contributed by atoms with Gasteiger partial charge in [0.2, 0.25) is 0 Å². The summed E-state index contributed by atoms with van der Waals surface area (Å²) in [6.45, 7) is 0.460. The van der Waals surface area contributed by atoms with Gasteiger partial charge >= 0.3 is 6.18 Å². The van der Waals surface area contributed by atoms with E-state index in [-0.39, 0.29) is 0 Å². The van der Waals surface area contributed by atoms with E-state index in [4.69, 9.17) is 10.6 Å². The molecule has 14 heavy (non-hydrogen) atoms. The second kappa shape index (κ2) is 4.65. The maximum Gasteiger partial charge on any atom is 0.391 e. The monoisotopic (exact) mass is 210 g/mol. The Balaban J connectivity index is 2.57. The molecule has 0 bridgehead atoms. The van der Waals surface area contributed by atoms with E-state index < -0.39 is 18.6 Å². The van der Waals surface area contributed by atoms with Crippen molar-refractivity contribution >= 4 is 0 Å². The molecule has 0 saturated heterocycles. The molecule has 0 aliphatic carbocycles. The molecule has 6 heteroatoms. The van der Waals surface area contributed by atoms with Gasteiger partial charge in [0, 0.05) is 0 Å². The van der Waals surface area contributed by atoms with Crippen molar-refractivity contribution in [2.75, 3.05) is 6.61 Å². The molecule has 0 aromatic heterocycles. The number of nitrogens with two attached hydrogens (primary N) is 1. The van der Waals surface area contributed by atoms with Crippen LogP contribution in [0.25, 0.3) is 0 Å². The smallest absolute Gasteiger partial charge is 0.391 e. The van der Waals surface area contributed by atoms with E-state index in [1.807, 2.05) is 0 Å². The van der Waals surface area contributed by atoms with Gasteiger partial charge in [-0.1, -0.05) is 0 Å². The second-order valence-electron chi connectivity index (χ2n) is 3.14. The summed E-state index contributed by atoms with van der Waals surface area (Å²) in [5, 5.41) is 0. The van der Waals surface area contributed by atoms with Gasteiger partial charge in [0.05, 0.1) is 19.1 Å². The molecule has 1 aliphatic heterocycles. The Kier molecular flexibility index (Phi) is 3.77. The number of alkyl halides is 3. The van der Waals surface area contributed by atoms with Crippen LogP contribution in [0.1, 0.15) is 19.3 Å². The van der Waals surface area contributed by atoms with E-state index in [9.17, 15) is 13.2 Å². The summed E-state index contributed by atoms with van der Waals surface area (Å²) in [5.41, 5.74) is 2.12. The Labute approximate surface area is 80.1 Å². The topological polar surface area (TPSA) is 47.3 Å². The van der Waals surface area contributed by atoms with Gasteiger partial charge in [-0.15, -0.1) is 0 Å². The first-order valence-corrected chi connectivity index (χ1v) is 4.38. The third kappa shape index (κ3) is 3.55. The van der Waals surface area contributed by atoms with E-state index in [2.05, 4.69) is 5.43 Å². The third-order valence-electron chi connectivity index (χ3n) is 1.94. The SMILES string of the molecule is NNC(CC(F)(F)F)C1=CCCCO1. The molecule has 0 fully saturated rings. The highest BCUT2D eigenvalue weighted by molar-refractivity contribution is 5.05. The van der Waals surface area contributed by atoms with Crippen molar-refractivity contribution in [3.8, 4) is 0 Å². The van der Waals surface area contributed by atoms with Gasteiger partial charge in [-0.05, 0) is 18.9 Å². The molecule has 1 atom stereocenters. The van der Waals surface area contributed by atoms with Crippen LogP contribution >= 0.6 is 0 Å². The summed E-state index contributed by atoms with van der Waals surface area (Å²) in [6.07, 6.45) is -2.01. The molecule has 0 saturated carbocycles. The first-order valence-electron chi connectivity index (χ1n) is 4.38. The average Bonchev–Trinajstić information content (AvgIpc) is 2.14. The van der Waals surface area contributed by atoms with E-state index >= 15 is 0 Å². The number of ether oxygens (including phenoxy) is 1. The van der Waals surface area contributed by atoms with Gasteiger partial charge in [-0.25, -0.2) is 5.43 Å². The largest absolute Gasteiger partial charge is 0.497 e. The van der Waals surface area contributed by atoms with E-state index in [1.165, 1.54) is 0 Å². The maximum atomic E-state index is 12.1. The van der Waals surface area contributed by atoms with Crippen molar-refractivity contribution in [2.24, 2.45) is 5.84 Å². The van der Waals surface area contributed by atoms with Crippen molar-refractivity contribution in [1.82, 2.24) is 5.43 Å². The highest BCUT2D eigenvalue weighted by atomic mass is 19.4. The van der Waals surface area contributed by atoms with Crippen molar-refractivity contribution < 1.29 is 17.9 Å². The van der Waals surface area contributed by atoms with Crippen molar-refractivity contribution in [1.29, 1.82) is 0 Å². The number of halogens is 3. The van der Waals surface area contributed by atoms with Crippen molar-refractivity contribution in [3.63, 3.8) is 0 Å². The molecule has 1 aliphatic rings. The van der Waals surface area contributed by atoms with Gasteiger partial charge < -0.3 is 4.74 Å². The summed E-state index contributed by atoms with van der Waals surface area (Å²) >= 11 is 0. The summed E-state index contributed by atoms with van der Waals surface area (Å²) in [6, 6.07) is -0.963. The van der Waals surface area contributed by atoms with Gasteiger partial charge in [0.25, 0.3) is 0 Å². The van der Waals surface area contributed by atoms with E-state index in [0.29, 0.717) is 12.4 Å². The number of hydrogen-bond acceptors (Lipinski definition) is 3. The van der Waals surface area contributed by atoms with Crippen LogP contribution in [0.15, 0.2) is 11.8 Å². The first kappa shape index (κ1) is 11.3. The van der Waals surface area contributed by atoms with Crippen LogP contribution in [-0.4, -0.2) is 18.8 Å². The van der Waals surface area contributed by atoms with Crippen LogP contribution in [0, 0.1) is 0 Å². The fraction of sp³-hybridized carbons (Fsp3) is 0.750. The second-order valence-corrected chi connectivity index (χ2v) is 3.14. The fourth-order valence-corrected chi connectivity index (χ4v) is 1.29. The number of hydrogen-bond donors (Lipinski definition) is 2. The molecule has 0 aromatic carbocycles. The lowest BCUT2D eigenvalue weighted by Crippen LogP contribution is -2.41. The quantitative estimate of drug-likeness (QED) is 0.547. The molecule has 1 heterocycles. The van der Waals surface area contributed by atoms with E-state index in [0.717, 1.165) is 12.8 Å². The molecule has 0 radical (unpaired) electrons. The molecule has 1 rings (SSSR count). The molecule has 1 unspecified atom stereocenters. The molecular weight excluding hydrogens is 197 g/mol. The number of rotatable bonds is 3. The summed E-state index contributed by atoms with van der Waals surface area (Å²) in [7, 11) is 0. The number of allylic oxidation sites excluding steroid dienone is 1. The standard InChI is InChI=1S/C8H13F3N2O/c9-8(10,11)5-6(13-12)7-3-1-2-4-14-7/h3,6,13H,1-2,4-5,12H2. The van der Waals surface area contributed by atoms with Crippen LogP contribution in [0.2, 0.25) is 0 Å². The molecule has 0 aromatic rings. The lowest BCUT2D eigenvalue weighted by molar-refractivity contribution is -0.140. The Morgan fingerprint density at radius 3 is 2.71 bits per heavy atom. The van der Waals surface area contributed by atoms with E-state index in [1.54, 1.807) is 6.08 Å². The number of hydrazine groups is 1. The van der Waals surface area contributed by atoms with Crippen LogP contribution in [0.3, 0.4) is 0 Å². The zero-order valence-corrected chi connectivity index (χ0v) is 7.60. The minimum Gasteiger partial charge on any atom is -0.497 e. The predicted molar refractivity (Wildman–Crippen MR) is 45.1 cm³/mol. The van der Waals surface area contributed by atoms with Crippen LogP contribution in [-0.2, 0) is 4.74 Å². The normalized spacial score (nSPS) is 19.9. The predicted octanol–water partition coefficient (Wildman–Crippen LogP) is 1.46. The Morgan fingerprint density at radius 1 is 1.57 bits per heavy atom. The van der Waals surface area contributed by atoms with Gasteiger partial charge in [-0.3, -0.25) is 5.84 Å². The molecule has 3 nitrogen and oxygen atoms in total. The minimum absolute atomic E-state index is 0.302. The van der Waals surface area contributed by atoms with Gasteiger partial charge in [0.15, 0.2) is 0 Å². The lowest BCUT2D eigenvalue weighted by Gasteiger charge is -2.23. The first-order chi connectivity index (χ1) is 6.53. The molecule has 3 N–H and O–H groups in total. The maximum absolute atomic E-state index is 12.1. The van der Waals surface area contributed by atoms with Crippen molar-refractivity contribution in [3.05, 3.63) is 11.8 Å². The van der Waals surface area contributed by atoms with Crippen molar-refractivity contribution in [2.45, 2.75) is 31.5 Å². The lowest BCUT2D eigenvalue weighted by atomic mass is 10.1. The molecule has 82 valence electrons. The average molecular weight is 210 g/mol. The fourth-order valence-electron chi connectivity index (χ4n) is 1.29. The summed E-state index contributed by atoms with van der Waals surface area (Å²) in [5.74, 6) is 5.34. The van der Waals surface area contributed by atoms with Gasteiger partial charge in [-0.2, -0.15) is 13.2 Å². The van der Waals surface area contributed by atoms with Crippen LogP contribution < -0.4 is 11.3 Å². The summed E-state index contributed by atoms with van der Waals surface area (Å²) < 4.78 is 41.3. The molecule has 0 amide bonds.